The van der Waals surface area contributed by atoms with Gasteiger partial charge in [0.2, 0.25) is 0 Å². The van der Waals surface area contributed by atoms with Gasteiger partial charge in [-0.2, -0.15) is 0 Å². The van der Waals surface area contributed by atoms with Crippen molar-refractivity contribution in [2.24, 2.45) is 5.92 Å². The second kappa shape index (κ2) is 6.95. The van der Waals surface area contributed by atoms with Gasteiger partial charge in [0.25, 0.3) is 0 Å². The molecule has 20 heavy (non-hydrogen) atoms. The smallest absolute Gasteiger partial charge is 0.169 e. The fourth-order valence-electron chi connectivity index (χ4n) is 2.66. The summed E-state index contributed by atoms with van der Waals surface area (Å²) < 4.78 is 13.6. The molecule has 1 aliphatic carbocycles. The lowest BCUT2D eigenvalue weighted by molar-refractivity contribution is 0.0714. The molecule has 2 rings (SSSR count). The predicted molar refractivity (Wildman–Crippen MR) is 76.2 cm³/mol. The van der Waals surface area contributed by atoms with Crippen molar-refractivity contribution in [2.45, 2.75) is 32.2 Å². The molecule has 0 radical (unpaired) electrons. The van der Waals surface area contributed by atoms with Gasteiger partial charge in [0.1, 0.15) is 5.82 Å². The Morgan fingerprint density at radius 2 is 2.15 bits per heavy atom. The van der Waals surface area contributed by atoms with E-state index in [1.165, 1.54) is 18.6 Å². The molecule has 1 aromatic rings. The summed E-state index contributed by atoms with van der Waals surface area (Å²) in [5.41, 5.74) is 0.164. The molecular formula is C16H22FNO2. The van der Waals surface area contributed by atoms with Crippen molar-refractivity contribution in [3.63, 3.8) is 0 Å². The largest absolute Gasteiger partial charge is 0.395 e. The van der Waals surface area contributed by atoms with Gasteiger partial charge in [0, 0.05) is 25.0 Å². The molecule has 4 heteroatoms. The average molecular weight is 279 g/mol. The molecule has 0 amide bonds. The van der Waals surface area contributed by atoms with E-state index in [1.807, 2.05) is 6.92 Å². The van der Waals surface area contributed by atoms with Crippen LogP contribution in [0.3, 0.4) is 0 Å². The summed E-state index contributed by atoms with van der Waals surface area (Å²) in [6.07, 6.45) is 3.46. The Kier molecular flexibility index (Phi) is 5.26. The number of benzene rings is 1. The Hall–Kier alpha value is -1.26. The third kappa shape index (κ3) is 3.44. The van der Waals surface area contributed by atoms with Crippen molar-refractivity contribution in [3.05, 3.63) is 35.6 Å². The number of hydrogen-bond acceptors (Lipinski definition) is 3. The highest BCUT2D eigenvalue weighted by atomic mass is 19.1. The molecule has 1 fully saturated rings. The van der Waals surface area contributed by atoms with E-state index in [4.69, 9.17) is 5.11 Å². The standard InChI is InChI=1S/C16H22FNO2/c1-12(11-18(9-10-19)13-5-4-6-13)16(20)14-7-2-3-8-15(14)17/h2-3,7-8,12-13,19H,4-6,9-11H2,1H3. The first-order valence-corrected chi connectivity index (χ1v) is 7.27. The normalized spacial score (nSPS) is 17.0. The quantitative estimate of drug-likeness (QED) is 0.780. The third-order valence-corrected chi connectivity index (χ3v) is 4.07. The lowest BCUT2D eigenvalue weighted by atomic mass is 9.90. The first-order chi connectivity index (χ1) is 9.63. The number of aliphatic hydroxyl groups is 1. The highest BCUT2D eigenvalue weighted by Gasteiger charge is 2.28. The van der Waals surface area contributed by atoms with Gasteiger partial charge < -0.3 is 5.11 Å². The van der Waals surface area contributed by atoms with E-state index < -0.39 is 5.82 Å². The first-order valence-electron chi connectivity index (χ1n) is 7.27. The lowest BCUT2D eigenvalue weighted by Gasteiger charge is -2.38. The predicted octanol–water partition coefficient (Wildman–Crippen LogP) is 2.49. The summed E-state index contributed by atoms with van der Waals surface area (Å²) in [5.74, 6) is -0.883. The summed E-state index contributed by atoms with van der Waals surface area (Å²) >= 11 is 0. The van der Waals surface area contributed by atoms with Crippen LogP contribution in [-0.2, 0) is 0 Å². The van der Waals surface area contributed by atoms with Crippen LogP contribution in [0, 0.1) is 11.7 Å². The fourth-order valence-corrected chi connectivity index (χ4v) is 2.66. The van der Waals surface area contributed by atoms with Gasteiger partial charge in [-0.25, -0.2) is 4.39 Å². The van der Waals surface area contributed by atoms with E-state index >= 15 is 0 Å². The highest BCUT2D eigenvalue weighted by molar-refractivity contribution is 5.98. The number of carbonyl (C=O) groups excluding carboxylic acids is 1. The van der Waals surface area contributed by atoms with Crippen LogP contribution in [-0.4, -0.2) is 41.5 Å². The monoisotopic (exact) mass is 279 g/mol. The second-order valence-corrected chi connectivity index (χ2v) is 5.55. The number of carbonyl (C=O) groups is 1. The fraction of sp³-hybridized carbons (Fsp3) is 0.562. The topological polar surface area (TPSA) is 40.5 Å². The molecule has 3 nitrogen and oxygen atoms in total. The van der Waals surface area contributed by atoms with Crippen molar-refractivity contribution in [1.82, 2.24) is 4.90 Å². The Balaban J connectivity index is 2.00. The van der Waals surface area contributed by atoms with E-state index in [0.717, 1.165) is 12.8 Å². The van der Waals surface area contributed by atoms with Crippen molar-refractivity contribution in [2.75, 3.05) is 19.7 Å². The summed E-state index contributed by atoms with van der Waals surface area (Å²) in [6, 6.07) is 6.59. The van der Waals surface area contributed by atoms with Crippen LogP contribution >= 0.6 is 0 Å². The molecule has 0 heterocycles. The lowest BCUT2D eigenvalue weighted by Crippen LogP contribution is -2.45. The average Bonchev–Trinajstić information content (AvgIpc) is 2.36. The Morgan fingerprint density at radius 3 is 2.70 bits per heavy atom. The summed E-state index contributed by atoms with van der Waals surface area (Å²) in [5, 5.41) is 9.13. The molecule has 0 saturated heterocycles. The maximum atomic E-state index is 13.6. The van der Waals surface area contributed by atoms with Gasteiger partial charge >= 0.3 is 0 Å². The van der Waals surface area contributed by atoms with Crippen LogP contribution in [0.25, 0.3) is 0 Å². The zero-order valence-electron chi connectivity index (χ0n) is 11.9. The molecule has 1 saturated carbocycles. The SMILES string of the molecule is CC(CN(CCO)C1CCC1)C(=O)c1ccccc1F. The van der Waals surface area contributed by atoms with Gasteiger partial charge in [0.05, 0.1) is 12.2 Å². The molecule has 0 spiro atoms. The number of hydrogen-bond donors (Lipinski definition) is 1. The minimum absolute atomic E-state index is 0.0944. The maximum absolute atomic E-state index is 13.6. The van der Waals surface area contributed by atoms with E-state index in [1.54, 1.807) is 12.1 Å². The Labute approximate surface area is 119 Å². The highest BCUT2D eigenvalue weighted by Crippen LogP contribution is 2.26. The molecule has 0 aromatic heterocycles. The summed E-state index contributed by atoms with van der Waals surface area (Å²) in [6.45, 7) is 3.09. The van der Waals surface area contributed by atoms with Crippen LogP contribution in [0.4, 0.5) is 4.39 Å². The third-order valence-electron chi connectivity index (χ3n) is 4.07. The van der Waals surface area contributed by atoms with Gasteiger partial charge in [-0.15, -0.1) is 0 Å². The Morgan fingerprint density at radius 1 is 1.45 bits per heavy atom. The zero-order chi connectivity index (χ0) is 14.5. The number of rotatable bonds is 7. The summed E-state index contributed by atoms with van der Waals surface area (Å²) in [4.78, 5) is 14.5. The van der Waals surface area contributed by atoms with E-state index in [9.17, 15) is 9.18 Å². The van der Waals surface area contributed by atoms with Crippen LogP contribution < -0.4 is 0 Å². The molecule has 1 aromatic carbocycles. The van der Waals surface area contributed by atoms with Crippen molar-refractivity contribution < 1.29 is 14.3 Å². The minimum atomic E-state index is -0.457. The number of aliphatic hydroxyl groups excluding tert-OH is 1. The molecule has 0 aliphatic heterocycles. The van der Waals surface area contributed by atoms with Gasteiger partial charge in [-0.1, -0.05) is 25.5 Å². The van der Waals surface area contributed by atoms with E-state index in [-0.39, 0.29) is 23.9 Å². The second-order valence-electron chi connectivity index (χ2n) is 5.55. The first kappa shape index (κ1) is 15.1. The minimum Gasteiger partial charge on any atom is -0.395 e. The molecule has 1 atom stereocenters. The molecule has 0 bridgehead atoms. The number of ketones is 1. The van der Waals surface area contributed by atoms with E-state index in [0.29, 0.717) is 19.1 Å². The van der Waals surface area contributed by atoms with Crippen molar-refractivity contribution >= 4 is 5.78 Å². The molecule has 1 N–H and O–H groups in total. The van der Waals surface area contributed by atoms with Crippen LogP contribution in [0.5, 0.6) is 0 Å². The van der Waals surface area contributed by atoms with Crippen molar-refractivity contribution in [1.29, 1.82) is 0 Å². The van der Waals surface area contributed by atoms with Crippen LogP contribution in [0.15, 0.2) is 24.3 Å². The molecule has 1 unspecified atom stereocenters. The molecule has 1 aliphatic rings. The van der Waals surface area contributed by atoms with Gasteiger partial charge in [-0.3, -0.25) is 9.69 Å². The number of halogens is 1. The molecule has 110 valence electrons. The van der Waals surface area contributed by atoms with E-state index in [2.05, 4.69) is 4.90 Å². The number of nitrogens with zero attached hydrogens (tertiary/aromatic N) is 1. The summed E-state index contributed by atoms with van der Waals surface area (Å²) in [7, 11) is 0. The number of Topliss-reactive ketones (excluding diaryl/α,β-unsaturated/α-hetero) is 1. The maximum Gasteiger partial charge on any atom is 0.169 e. The molecular weight excluding hydrogens is 257 g/mol. The van der Waals surface area contributed by atoms with Crippen LogP contribution in [0.2, 0.25) is 0 Å². The van der Waals surface area contributed by atoms with Crippen LogP contribution in [0.1, 0.15) is 36.5 Å². The van der Waals surface area contributed by atoms with Gasteiger partial charge in [0.15, 0.2) is 5.78 Å². The van der Waals surface area contributed by atoms with Crippen molar-refractivity contribution in [3.8, 4) is 0 Å². The zero-order valence-corrected chi connectivity index (χ0v) is 11.9. The van der Waals surface area contributed by atoms with Gasteiger partial charge in [-0.05, 0) is 25.0 Å². The Bertz CT molecular complexity index is 460.